The van der Waals surface area contributed by atoms with Crippen molar-refractivity contribution in [3.8, 4) is 11.5 Å². The number of amides is 1. The van der Waals surface area contributed by atoms with Crippen molar-refractivity contribution in [3.05, 3.63) is 55.6 Å². The number of nitrogens with zero attached hydrogens (tertiary/aromatic N) is 1. The van der Waals surface area contributed by atoms with Gasteiger partial charge in [0.05, 0.1) is 23.0 Å². The Balaban J connectivity index is 2.12. The maximum absolute atomic E-state index is 12.0. The highest BCUT2D eigenvalue weighted by Gasteiger charge is 2.11. The summed E-state index contributed by atoms with van der Waals surface area (Å²) in [6.45, 7) is 4.95. The van der Waals surface area contributed by atoms with Gasteiger partial charge in [-0.1, -0.05) is 15.9 Å². The van der Waals surface area contributed by atoms with Crippen LogP contribution in [0.4, 0.5) is 0 Å². The van der Waals surface area contributed by atoms with Gasteiger partial charge in [0.25, 0.3) is 5.91 Å². The molecule has 0 bridgehead atoms. The molecular weight excluding hydrogens is 499 g/mol. The number of carbonyl (C=O) groups is 1. The summed E-state index contributed by atoms with van der Waals surface area (Å²) in [5, 5.41) is 4.02. The van der Waals surface area contributed by atoms with Crippen LogP contribution in [0.2, 0.25) is 0 Å². The van der Waals surface area contributed by atoms with Gasteiger partial charge in [0.2, 0.25) is 0 Å². The Morgan fingerprint density at radius 1 is 1.20 bits per heavy atom. The maximum Gasteiger partial charge on any atom is 0.271 e. The van der Waals surface area contributed by atoms with E-state index in [-0.39, 0.29) is 5.91 Å². The van der Waals surface area contributed by atoms with Gasteiger partial charge in [-0.15, -0.1) is 0 Å². The van der Waals surface area contributed by atoms with Gasteiger partial charge < -0.3 is 9.47 Å². The largest absolute Gasteiger partial charge is 0.490 e. The lowest BCUT2D eigenvalue weighted by Crippen LogP contribution is -2.17. The third kappa shape index (κ3) is 5.71. The van der Waals surface area contributed by atoms with Crippen LogP contribution in [0, 0.1) is 3.57 Å². The highest BCUT2D eigenvalue weighted by atomic mass is 127. The van der Waals surface area contributed by atoms with E-state index in [2.05, 4.69) is 49.0 Å². The topological polar surface area (TPSA) is 59.9 Å². The van der Waals surface area contributed by atoms with Gasteiger partial charge in [-0.25, -0.2) is 5.43 Å². The molecule has 0 aliphatic rings. The Kier molecular flexibility index (Phi) is 7.70. The lowest BCUT2D eigenvalue weighted by atomic mass is 10.2. The number of carbonyl (C=O) groups excluding carboxylic acids is 1. The number of ether oxygens (including phenoxy) is 2. The first-order valence-electron chi connectivity index (χ1n) is 7.73. The Bertz CT molecular complexity index is 764. The van der Waals surface area contributed by atoms with Crippen LogP contribution in [0.25, 0.3) is 0 Å². The molecule has 2 aromatic rings. The Morgan fingerprint density at radius 3 is 2.52 bits per heavy atom. The second-order valence-corrected chi connectivity index (χ2v) is 6.98. The molecule has 0 spiro atoms. The van der Waals surface area contributed by atoms with Crippen molar-refractivity contribution < 1.29 is 14.3 Å². The molecule has 0 aliphatic heterocycles. The minimum atomic E-state index is -0.269. The summed E-state index contributed by atoms with van der Waals surface area (Å²) in [4.78, 5) is 12.0. The number of nitrogens with one attached hydrogen (secondary N) is 1. The van der Waals surface area contributed by atoms with E-state index in [1.165, 1.54) is 0 Å². The van der Waals surface area contributed by atoms with Crippen LogP contribution in [-0.2, 0) is 0 Å². The molecule has 25 heavy (non-hydrogen) atoms. The molecule has 0 heterocycles. The summed E-state index contributed by atoms with van der Waals surface area (Å²) in [6, 6.07) is 10.8. The van der Waals surface area contributed by atoms with Crippen LogP contribution >= 0.6 is 38.5 Å². The lowest BCUT2D eigenvalue weighted by Gasteiger charge is -2.13. The Hall–Kier alpha value is -1.61. The number of hydrogen-bond acceptors (Lipinski definition) is 4. The highest BCUT2D eigenvalue weighted by molar-refractivity contribution is 14.1. The van der Waals surface area contributed by atoms with E-state index in [4.69, 9.17) is 9.47 Å². The zero-order chi connectivity index (χ0) is 18.2. The molecule has 0 aromatic heterocycles. The Labute approximate surface area is 169 Å². The summed E-state index contributed by atoms with van der Waals surface area (Å²) in [5.41, 5.74) is 3.87. The first kappa shape index (κ1) is 19.7. The highest BCUT2D eigenvalue weighted by Crippen LogP contribution is 2.33. The van der Waals surface area contributed by atoms with Gasteiger partial charge in [0.15, 0.2) is 11.5 Å². The average molecular weight is 517 g/mol. The molecule has 132 valence electrons. The second kappa shape index (κ2) is 9.76. The molecule has 0 aliphatic carbocycles. The molecule has 7 heteroatoms. The third-order valence-corrected chi connectivity index (χ3v) is 4.44. The van der Waals surface area contributed by atoms with Crippen LogP contribution in [0.15, 0.2) is 46.0 Å². The molecule has 5 nitrogen and oxygen atoms in total. The molecule has 1 amide bonds. The molecular formula is C18H18BrIN2O3. The zero-order valence-electron chi connectivity index (χ0n) is 13.9. The molecule has 0 atom stereocenters. The van der Waals surface area contributed by atoms with E-state index in [1.54, 1.807) is 18.3 Å². The molecule has 0 saturated carbocycles. The molecule has 0 saturated heterocycles. The van der Waals surface area contributed by atoms with Crippen molar-refractivity contribution >= 4 is 50.6 Å². The third-order valence-electron chi connectivity index (χ3n) is 3.11. The van der Waals surface area contributed by atoms with Crippen LogP contribution in [0.1, 0.15) is 29.8 Å². The minimum Gasteiger partial charge on any atom is -0.490 e. The monoisotopic (exact) mass is 516 g/mol. The van der Waals surface area contributed by atoms with Crippen LogP contribution in [0.5, 0.6) is 11.5 Å². The SMILES string of the molecule is CCOc1cc(/C=N\NC(=O)c2ccc(Br)cc2)cc(I)c1OCC. The van der Waals surface area contributed by atoms with Crippen LogP contribution in [0.3, 0.4) is 0 Å². The van der Waals surface area contributed by atoms with E-state index in [1.807, 2.05) is 38.1 Å². The number of hydrazone groups is 1. The smallest absolute Gasteiger partial charge is 0.271 e. The summed E-state index contributed by atoms with van der Waals surface area (Å²) < 4.78 is 13.1. The van der Waals surface area contributed by atoms with E-state index in [0.29, 0.717) is 24.5 Å². The predicted molar refractivity (Wildman–Crippen MR) is 111 cm³/mol. The summed E-state index contributed by atoms with van der Waals surface area (Å²) in [7, 11) is 0. The van der Waals surface area contributed by atoms with Gasteiger partial charge in [-0.3, -0.25) is 4.79 Å². The van der Waals surface area contributed by atoms with Gasteiger partial charge in [0.1, 0.15) is 0 Å². The fourth-order valence-electron chi connectivity index (χ4n) is 2.04. The van der Waals surface area contributed by atoms with Crippen LogP contribution in [-0.4, -0.2) is 25.3 Å². The Morgan fingerprint density at radius 2 is 1.88 bits per heavy atom. The van der Waals surface area contributed by atoms with Gasteiger partial charge >= 0.3 is 0 Å². The lowest BCUT2D eigenvalue weighted by molar-refractivity contribution is 0.0955. The number of hydrogen-bond donors (Lipinski definition) is 1. The van der Waals surface area contributed by atoms with Crippen molar-refractivity contribution in [3.63, 3.8) is 0 Å². The van der Waals surface area contributed by atoms with Gasteiger partial charge in [-0.2, -0.15) is 5.10 Å². The van der Waals surface area contributed by atoms with Crippen LogP contribution < -0.4 is 14.9 Å². The number of halogens is 2. The van der Waals surface area contributed by atoms with Crippen molar-refractivity contribution in [2.75, 3.05) is 13.2 Å². The zero-order valence-corrected chi connectivity index (χ0v) is 17.6. The maximum atomic E-state index is 12.0. The second-order valence-electron chi connectivity index (χ2n) is 4.90. The first-order chi connectivity index (χ1) is 12.0. The van der Waals surface area contributed by atoms with Crippen molar-refractivity contribution in [2.45, 2.75) is 13.8 Å². The fourth-order valence-corrected chi connectivity index (χ4v) is 3.09. The summed E-state index contributed by atoms with van der Waals surface area (Å²) in [5.74, 6) is 1.12. The fraction of sp³-hybridized carbons (Fsp3) is 0.222. The molecule has 0 fully saturated rings. The molecule has 0 unspecified atom stereocenters. The van der Waals surface area contributed by atoms with E-state index >= 15 is 0 Å². The normalized spacial score (nSPS) is 10.7. The number of rotatable bonds is 7. The first-order valence-corrected chi connectivity index (χ1v) is 9.60. The van der Waals surface area contributed by atoms with E-state index < -0.39 is 0 Å². The molecule has 2 aromatic carbocycles. The van der Waals surface area contributed by atoms with E-state index in [0.717, 1.165) is 19.4 Å². The summed E-state index contributed by atoms with van der Waals surface area (Å²) in [6.07, 6.45) is 1.58. The van der Waals surface area contributed by atoms with Crippen molar-refractivity contribution in [2.24, 2.45) is 5.10 Å². The molecule has 0 radical (unpaired) electrons. The van der Waals surface area contributed by atoms with Gasteiger partial charge in [0, 0.05) is 10.0 Å². The van der Waals surface area contributed by atoms with Crippen molar-refractivity contribution in [1.29, 1.82) is 0 Å². The number of benzene rings is 2. The summed E-state index contributed by atoms with van der Waals surface area (Å²) >= 11 is 5.53. The quantitative estimate of drug-likeness (QED) is 0.332. The average Bonchev–Trinajstić information content (AvgIpc) is 2.59. The predicted octanol–water partition coefficient (Wildman–Crippen LogP) is 4.62. The standard InChI is InChI=1S/C18H18BrIN2O3/c1-3-24-16-10-12(9-15(20)17(16)25-4-2)11-21-22-18(23)13-5-7-14(19)8-6-13/h5-11H,3-4H2,1-2H3,(H,22,23)/b21-11-. The minimum absolute atomic E-state index is 0.269. The van der Waals surface area contributed by atoms with Crippen molar-refractivity contribution in [1.82, 2.24) is 5.43 Å². The molecule has 1 N–H and O–H groups in total. The van der Waals surface area contributed by atoms with Gasteiger partial charge in [-0.05, 0) is 78.4 Å². The molecule has 2 rings (SSSR count). The van der Waals surface area contributed by atoms with E-state index in [9.17, 15) is 4.79 Å².